The van der Waals surface area contributed by atoms with Crippen molar-refractivity contribution in [2.45, 2.75) is 25.2 Å². The maximum absolute atomic E-state index is 5.74. The van der Waals surface area contributed by atoms with E-state index in [2.05, 4.69) is 11.1 Å². The van der Waals surface area contributed by atoms with Crippen molar-refractivity contribution in [1.82, 2.24) is 4.98 Å². The van der Waals surface area contributed by atoms with E-state index < -0.39 is 0 Å². The van der Waals surface area contributed by atoms with Gasteiger partial charge in [-0.3, -0.25) is 4.98 Å². The highest BCUT2D eigenvalue weighted by atomic mass is 14.6. The average molecular weight is 176 g/mol. The summed E-state index contributed by atoms with van der Waals surface area (Å²) < 4.78 is 0. The van der Waals surface area contributed by atoms with E-state index in [1.807, 2.05) is 18.5 Å². The maximum atomic E-state index is 5.74. The Kier molecular flexibility index (Phi) is 2.60. The van der Waals surface area contributed by atoms with Crippen LogP contribution in [0.15, 0.2) is 24.5 Å². The van der Waals surface area contributed by atoms with Crippen LogP contribution < -0.4 is 5.73 Å². The molecule has 2 atom stereocenters. The molecule has 1 aliphatic rings. The van der Waals surface area contributed by atoms with Crippen molar-refractivity contribution in [2.75, 3.05) is 6.54 Å². The fourth-order valence-corrected chi connectivity index (χ4v) is 2.35. The molecule has 1 aliphatic carbocycles. The second-order valence-corrected chi connectivity index (χ2v) is 3.82. The number of pyridine rings is 1. The van der Waals surface area contributed by atoms with Crippen LogP contribution in [0.1, 0.15) is 30.7 Å². The van der Waals surface area contributed by atoms with Gasteiger partial charge in [0.15, 0.2) is 0 Å². The molecule has 0 saturated heterocycles. The molecule has 0 aliphatic heterocycles. The minimum Gasteiger partial charge on any atom is -0.330 e. The minimum absolute atomic E-state index is 0.665. The van der Waals surface area contributed by atoms with Crippen LogP contribution in [0.3, 0.4) is 0 Å². The summed E-state index contributed by atoms with van der Waals surface area (Å²) in [5.41, 5.74) is 7.11. The SMILES string of the molecule is NC[C@H]1CCC[C@@H]1c1cccnc1. The van der Waals surface area contributed by atoms with Crippen LogP contribution in [-0.4, -0.2) is 11.5 Å². The number of hydrogen-bond acceptors (Lipinski definition) is 2. The first kappa shape index (κ1) is 8.70. The fraction of sp³-hybridized carbons (Fsp3) is 0.545. The smallest absolute Gasteiger partial charge is 0.0302 e. The largest absolute Gasteiger partial charge is 0.330 e. The van der Waals surface area contributed by atoms with Crippen LogP contribution in [0.25, 0.3) is 0 Å². The van der Waals surface area contributed by atoms with Crippen LogP contribution in [0, 0.1) is 5.92 Å². The monoisotopic (exact) mass is 176 g/mol. The molecule has 1 aromatic heterocycles. The maximum Gasteiger partial charge on any atom is 0.0302 e. The summed E-state index contributed by atoms with van der Waals surface area (Å²) in [4.78, 5) is 4.16. The Hall–Kier alpha value is -0.890. The highest BCUT2D eigenvalue weighted by molar-refractivity contribution is 5.17. The molecule has 70 valence electrons. The van der Waals surface area contributed by atoms with Crippen molar-refractivity contribution in [2.24, 2.45) is 11.7 Å². The molecule has 1 aromatic rings. The number of rotatable bonds is 2. The Morgan fingerprint density at radius 2 is 2.38 bits per heavy atom. The topological polar surface area (TPSA) is 38.9 Å². The van der Waals surface area contributed by atoms with E-state index in [0.717, 1.165) is 6.54 Å². The van der Waals surface area contributed by atoms with Gasteiger partial charge in [-0.05, 0) is 42.9 Å². The second-order valence-electron chi connectivity index (χ2n) is 3.82. The highest BCUT2D eigenvalue weighted by Crippen LogP contribution is 2.38. The van der Waals surface area contributed by atoms with Gasteiger partial charge in [-0.1, -0.05) is 12.5 Å². The molecular formula is C11H16N2. The van der Waals surface area contributed by atoms with Gasteiger partial charge in [0.25, 0.3) is 0 Å². The minimum atomic E-state index is 0.665. The quantitative estimate of drug-likeness (QED) is 0.747. The van der Waals surface area contributed by atoms with Crippen LogP contribution in [0.4, 0.5) is 0 Å². The Labute approximate surface area is 79.2 Å². The standard InChI is InChI=1S/C11H16N2/c12-7-9-3-1-5-11(9)10-4-2-6-13-8-10/h2,4,6,8-9,11H,1,3,5,7,12H2/t9-,11+/m1/s1. The summed E-state index contributed by atoms with van der Waals surface area (Å²) in [7, 11) is 0. The van der Waals surface area contributed by atoms with E-state index in [9.17, 15) is 0 Å². The van der Waals surface area contributed by atoms with E-state index in [0.29, 0.717) is 11.8 Å². The Balaban J connectivity index is 2.16. The van der Waals surface area contributed by atoms with Crippen molar-refractivity contribution in [3.63, 3.8) is 0 Å². The summed E-state index contributed by atoms with van der Waals surface area (Å²) in [6.07, 6.45) is 7.71. The summed E-state index contributed by atoms with van der Waals surface area (Å²) in [5.74, 6) is 1.35. The molecule has 13 heavy (non-hydrogen) atoms. The van der Waals surface area contributed by atoms with Gasteiger partial charge < -0.3 is 5.73 Å². The molecule has 1 saturated carbocycles. The molecule has 0 radical (unpaired) electrons. The van der Waals surface area contributed by atoms with Gasteiger partial charge in [0.1, 0.15) is 0 Å². The van der Waals surface area contributed by atoms with E-state index in [1.165, 1.54) is 24.8 Å². The van der Waals surface area contributed by atoms with Crippen LogP contribution in [-0.2, 0) is 0 Å². The zero-order valence-corrected chi connectivity index (χ0v) is 7.82. The van der Waals surface area contributed by atoms with Gasteiger partial charge in [0.05, 0.1) is 0 Å². The van der Waals surface area contributed by atoms with E-state index in [1.54, 1.807) is 0 Å². The molecule has 2 heteroatoms. The molecule has 1 heterocycles. The molecular weight excluding hydrogens is 160 g/mol. The van der Waals surface area contributed by atoms with Crippen LogP contribution in [0.5, 0.6) is 0 Å². The average Bonchev–Trinajstić information content (AvgIpc) is 2.67. The Morgan fingerprint density at radius 1 is 1.46 bits per heavy atom. The predicted molar refractivity (Wildman–Crippen MR) is 53.4 cm³/mol. The van der Waals surface area contributed by atoms with Gasteiger partial charge in [-0.15, -0.1) is 0 Å². The molecule has 0 spiro atoms. The molecule has 2 N–H and O–H groups in total. The van der Waals surface area contributed by atoms with Gasteiger partial charge in [0.2, 0.25) is 0 Å². The first-order valence-corrected chi connectivity index (χ1v) is 5.02. The molecule has 2 rings (SSSR count). The molecule has 0 amide bonds. The Bertz CT molecular complexity index is 258. The van der Waals surface area contributed by atoms with Gasteiger partial charge in [-0.25, -0.2) is 0 Å². The van der Waals surface area contributed by atoms with Crippen molar-refractivity contribution in [1.29, 1.82) is 0 Å². The van der Waals surface area contributed by atoms with Gasteiger partial charge >= 0.3 is 0 Å². The molecule has 0 unspecified atom stereocenters. The first-order valence-electron chi connectivity index (χ1n) is 5.02. The third-order valence-corrected chi connectivity index (χ3v) is 3.07. The zero-order valence-electron chi connectivity index (χ0n) is 7.82. The lowest BCUT2D eigenvalue weighted by Crippen LogP contribution is -2.17. The fourth-order valence-electron chi connectivity index (χ4n) is 2.35. The number of nitrogens with two attached hydrogens (primary N) is 1. The summed E-state index contributed by atoms with van der Waals surface area (Å²) >= 11 is 0. The third-order valence-electron chi connectivity index (χ3n) is 3.07. The number of hydrogen-bond donors (Lipinski definition) is 1. The number of aromatic nitrogens is 1. The predicted octanol–water partition coefficient (Wildman–Crippen LogP) is 1.92. The summed E-state index contributed by atoms with van der Waals surface area (Å²) in [6.45, 7) is 0.819. The van der Waals surface area contributed by atoms with Crippen LogP contribution in [0.2, 0.25) is 0 Å². The van der Waals surface area contributed by atoms with E-state index >= 15 is 0 Å². The Morgan fingerprint density at radius 3 is 3.08 bits per heavy atom. The summed E-state index contributed by atoms with van der Waals surface area (Å²) in [5, 5.41) is 0. The molecule has 0 aromatic carbocycles. The first-order chi connectivity index (χ1) is 6.42. The lowest BCUT2D eigenvalue weighted by molar-refractivity contribution is 0.495. The van der Waals surface area contributed by atoms with Crippen molar-refractivity contribution in [3.05, 3.63) is 30.1 Å². The van der Waals surface area contributed by atoms with E-state index in [4.69, 9.17) is 5.73 Å². The lowest BCUT2D eigenvalue weighted by atomic mass is 9.90. The second kappa shape index (κ2) is 3.88. The zero-order chi connectivity index (χ0) is 9.10. The molecule has 2 nitrogen and oxygen atoms in total. The third kappa shape index (κ3) is 1.73. The molecule has 0 bridgehead atoms. The van der Waals surface area contributed by atoms with Crippen LogP contribution >= 0.6 is 0 Å². The normalized spacial score (nSPS) is 27.8. The lowest BCUT2D eigenvalue weighted by Gasteiger charge is -2.17. The summed E-state index contributed by atoms with van der Waals surface area (Å²) in [6, 6.07) is 4.19. The van der Waals surface area contributed by atoms with Gasteiger partial charge in [-0.2, -0.15) is 0 Å². The molecule has 1 fully saturated rings. The number of nitrogens with zero attached hydrogens (tertiary/aromatic N) is 1. The van der Waals surface area contributed by atoms with Crippen molar-refractivity contribution in [3.8, 4) is 0 Å². The van der Waals surface area contributed by atoms with E-state index in [-0.39, 0.29) is 0 Å². The van der Waals surface area contributed by atoms with Crippen molar-refractivity contribution < 1.29 is 0 Å². The highest BCUT2D eigenvalue weighted by Gasteiger charge is 2.27. The van der Waals surface area contributed by atoms with Crippen molar-refractivity contribution >= 4 is 0 Å². The van der Waals surface area contributed by atoms with Gasteiger partial charge in [0, 0.05) is 12.4 Å².